The summed E-state index contributed by atoms with van der Waals surface area (Å²) in [6, 6.07) is 0. The van der Waals surface area contributed by atoms with E-state index in [1.165, 1.54) is 0 Å². The van der Waals surface area contributed by atoms with E-state index < -0.39 is 0 Å². The van der Waals surface area contributed by atoms with Crippen molar-refractivity contribution in [2.24, 2.45) is 11.8 Å². The van der Waals surface area contributed by atoms with Crippen molar-refractivity contribution in [3.63, 3.8) is 0 Å². The zero-order valence-corrected chi connectivity index (χ0v) is 10.2. The Hall–Kier alpha value is -0.940. The number of aromatic nitrogens is 2. The molecule has 2 aliphatic rings. The molecule has 1 aromatic rings. The lowest BCUT2D eigenvalue weighted by Gasteiger charge is -2.30. The molecule has 0 radical (unpaired) electrons. The van der Waals surface area contributed by atoms with E-state index in [1.54, 1.807) is 0 Å². The molecule has 2 fully saturated rings. The van der Waals surface area contributed by atoms with Crippen molar-refractivity contribution in [3.8, 4) is 0 Å². The van der Waals surface area contributed by atoms with Gasteiger partial charge in [-0.1, -0.05) is 12.1 Å². The second-order valence-electron chi connectivity index (χ2n) is 5.19. The van der Waals surface area contributed by atoms with Crippen LogP contribution in [-0.4, -0.2) is 36.4 Å². The van der Waals surface area contributed by atoms with Crippen molar-refractivity contribution in [1.29, 1.82) is 0 Å². The van der Waals surface area contributed by atoms with Crippen LogP contribution in [0.25, 0.3) is 0 Å². The Balaban J connectivity index is 1.60. The zero-order valence-electron chi connectivity index (χ0n) is 10.2. The van der Waals surface area contributed by atoms with Crippen LogP contribution in [0.4, 0.5) is 0 Å². The van der Waals surface area contributed by atoms with Crippen molar-refractivity contribution < 1.29 is 9.26 Å². The van der Waals surface area contributed by atoms with Crippen molar-refractivity contribution in [2.75, 3.05) is 26.3 Å². The first kappa shape index (κ1) is 11.2. The van der Waals surface area contributed by atoms with Gasteiger partial charge in [-0.2, -0.15) is 4.98 Å². The Morgan fingerprint density at radius 3 is 3.00 bits per heavy atom. The van der Waals surface area contributed by atoms with Gasteiger partial charge in [-0.3, -0.25) is 0 Å². The molecule has 0 amide bonds. The van der Waals surface area contributed by atoms with Gasteiger partial charge in [0.25, 0.3) is 0 Å². The average molecular weight is 237 g/mol. The van der Waals surface area contributed by atoms with E-state index in [-0.39, 0.29) is 0 Å². The van der Waals surface area contributed by atoms with Gasteiger partial charge in [0.1, 0.15) is 0 Å². The van der Waals surface area contributed by atoms with Crippen molar-refractivity contribution >= 4 is 0 Å². The summed E-state index contributed by atoms with van der Waals surface area (Å²) < 4.78 is 10.7. The van der Waals surface area contributed by atoms with Gasteiger partial charge in [-0.25, -0.2) is 0 Å². The number of hydrogen-bond donors (Lipinski definition) is 1. The van der Waals surface area contributed by atoms with Gasteiger partial charge < -0.3 is 14.6 Å². The van der Waals surface area contributed by atoms with E-state index in [0.29, 0.717) is 17.8 Å². The minimum absolute atomic E-state index is 0.373. The van der Waals surface area contributed by atoms with Crippen LogP contribution >= 0.6 is 0 Å². The van der Waals surface area contributed by atoms with E-state index in [4.69, 9.17) is 9.26 Å². The first-order valence-electron chi connectivity index (χ1n) is 6.44. The maximum absolute atomic E-state index is 5.36. The lowest BCUT2D eigenvalue weighted by atomic mass is 9.89. The molecule has 17 heavy (non-hydrogen) atoms. The maximum atomic E-state index is 5.36. The second-order valence-corrected chi connectivity index (χ2v) is 5.19. The molecule has 2 unspecified atom stereocenters. The van der Waals surface area contributed by atoms with Gasteiger partial charge in [0.05, 0.1) is 0 Å². The number of nitrogens with one attached hydrogen (secondary N) is 1. The van der Waals surface area contributed by atoms with Gasteiger partial charge in [-0.05, 0) is 31.3 Å². The highest BCUT2D eigenvalue weighted by Crippen LogP contribution is 2.26. The van der Waals surface area contributed by atoms with Gasteiger partial charge in [0, 0.05) is 25.6 Å². The summed E-state index contributed by atoms with van der Waals surface area (Å²) in [5.74, 6) is 3.23. The fraction of sp³-hybridized carbons (Fsp3) is 0.833. The predicted octanol–water partition coefficient (Wildman–Crippen LogP) is 0.971. The monoisotopic (exact) mass is 237 g/mol. The molecule has 5 nitrogen and oxygen atoms in total. The van der Waals surface area contributed by atoms with Gasteiger partial charge >= 0.3 is 0 Å². The molecule has 0 aromatic carbocycles. The van der Waals surface area contributed by atoms with E-state index >= 15 is 0 Å². The third-order valence-electron chi connectivity index (χ3n) is 3.89. The number of rotatable bonds is 4. The second kappa shape index (κ2) is 4.74. The van der Waals surface area contributed by atoms with Gasteiger partial charge in [0.2, 0.25) is 5.89 Å². The standard InChI is InChI=1S/C12H19N3O2/c1-8(10-5-13-6-10)12-14-11(15-17-12)4-9-2-3-16-7-9/h8-10,13H,2-7H2,1H3. The lowest BCUT2D eigenvalue weighted by Crippen LogP contribution is -2.44. The van der Waals surface area contributed by atoms with Crippen molar-refractivity contribution in [2.45, 2.75) is 25.7 Å². The van der Waals surface area contributed by atoms with Crippen LogP contribution in [-0.2, 0) is 11.2 Å². The molecule has 5 heteroatoms. The Morgan fingerprint density at radius 1 is 1.47 bits per heavy atom. The molecule has 1 N–H and O–H groups in total. The van der Waals surface area contributed by atoms with Crippen LogP contribution in [0.15, 0.2) is 4.52 Å². The maximum Gasteiger partial charge on any atom is 0.229 e. The molecule has 1 aromatic heterocycles. The molecular weight excluding hydrogens is 218 g/mol. The predicted molar refractivity (Wildman–Crippen MR) is 61.7 cm³/mol. The number of nitrogens with zero attached hydrogens (tertiary/aromatic N) is 2. The zero-order chi connectivity index (χ0) is 11.7. The van der Waals surface area contributed by atoms with Gasteiger partial charge in [-0.15, -0.1) is 0 Å². The molecule has 0 saturated carbocycles. The summed E-state index contributed by atoms with van der Waals surface area (Å²) in [5.41, 5.74) is 0. The summed E-state index contributed by atoms with van der Waals surface area (Å²) in [4.78, 5) is 4.52. The van der Waals surface area contributed by atoms with Gasteiger partial charge in [0.15, 0.2) is 5.82 Å². The molecule has 3 rings (SSSR count). The summed E-state index contributed by atoms with van der Waals surface area (Å²) >= 11 is 0. The molecule has 2 atom stereocenters. The van der Waals surface area contributed by atoms with E-state index in [9.17, 15) is 0 Å². The summed E-state index contributed by atoms with van der Waals surface area (Å²) in [5, 5.41) is 7.35. The highest BCUT2D eigenvalue weighted by atomic mass is 16.5. The fourth-order valence-corrected chi connectivity index (χ4v) is 2.40. The number of ether oxygens (including phenoxy) is 1. The van der Waals surface area contributed by atoms with E-state index in [0.717, 1.165) is 50.9 Å². The Morgan fingerprint density at radius 2 is 2.35 bits per heavy atom. The molecule has 2 saturated heterocycles. The largest absolute Gasteiger partial charge is 0.381 e. The van der Waals surface area contributed by atoms with Crippen LogP contribution in [0, 0.1) is 11.8 Å². The van der Waals surface area contributed by atoms with Crippen LogP contribution in [0.1, 0.15) is 31.0 Å². The fourth-order valence-electron chi connectivity index (χ4n) is 2.40. The van der Waals surface area contributed by atoms with E-state index in [2.05, 4.69) is 22.4 Å². The third-order valence-corrected chi connectivity index (χ3v) is 3.89. The normalized spacial score (nSPS) is 27.0. The van der Waals surface area contributed by atoms with Crippen LogP contribution in [0.5, 0.6) is 0 Å². The summed E-state index contributed by atoms with van der Waals surface area (Å²) in [7, 11) is 0. The average Bonchev–Trinajstić information content (AvgIpc) is 2.86. The van der Waals surface area contributed by atoms with Crippen molar-refractivity contribution in [3.05, 3.63) is 11.7 Å². The highest BCUT2D eigenvalue weighted by Gasteiger charge is 2.29. The smallest absolute Gasteiger partial charge is 0.229 e. The Bertz CT molecular complexity index is 370. The Kier molecular flexibility index (Phi) is 3.11. The first-order valence-corrected chi connectivity index (χ1v) is 6.44. The lowest BCUT2D eigenvalue weighted by molar-refractivity contribution is 0.185. The van der Waals surface area contributed by atoms with Crippen LogP contribution in [0.2, 0.25) is 0 Å². The molecule has 0 aliphatic carbocycles. The SMILES string of the molecule is CC(c1nc(CC2CCOC2)no1)C1CNC1. The quantitative estimate of drug-likeness (QED) is 0.845. The molecule has 2 aliphatic heterocycles. The van der Waals surface area contributed by atoms with Crippen LogP contribution < -0.4 is 5.32 Å². The summed E-state index contributed by atoms with van der Waals surface area (Å²) in [6.07, 6.45) is 2.01. The highest BCUT2D eigenvalue weighted by molar-refractivity contribution is 4.99. The first-order chi connectivity index (χ1) is 8.33. The third kappa shape index (κ3) is 2.35. The molecular formula is C12H19N3O2. The van der Waals surface area contributed by atoms with Crippen molar-refractivity contribution in [1.82, 2.24) is 15.5 Å². The molecule has 94 valence electrons. The Labute approximate surface area is 101 Å². The van der Waals surface area contributed by atoms with Crippen LogP contribution in [0.3, 0.4) is 0 Å². The van der Waals surface area contributed by atoms with E-state index in [1.807, 2.05) is 0 Å². The minimum atomic E-state index is 0.373. The summed E-state index contributed by atoms with van der Waals surface area (Å²) in [6.45, 7) is 6.01. The topological polar surface area (TPSA) is 60.2 Å². The molecule has 3 heterocycles. The molecule has 0 spiro atoms. The number of hydrogen-bond acceptors (Lipinski definition) is 5. The minimum Gasteiger partial charge on any atom is -0.381 e. The molecule has 0 bridgehead atoms.